The van der Waals surface area contributed by atoms with E-state index in [9.17, 15) is 56.2 Å². The molecule has 20 rings (SSSR count). The molecule has 0 atom stereocenters. The van der Waals surface area contributed by atoms with Gasteiger partial charge in [-0.2, -0.15) is 0 Å². The summed E-state index contributed by atoms with van der Waals surface area (Å²) in [6.45, 7) is 9.01. The molecule has 5 aliphatic rings. The Kier molecular flexibility index (Phi) is 27.1. The normalized spacial score (nSPS) is 13.1. The SMILES string of the molecule is COc1ccc(C2=C(c3ccc(O)c(O)c3)COc3c2ccc(O)c3C)cc1.COc1ccc(C2=C(c3ccc(O)c(O)c3)COc3c2ccc(O)c3C)cc1.COc1ccc(C2=C(c3cccc(O)c3)COc3c2ccc(O)c3C)cc1.COc1ccc(C2=C(c3cccc(OC)c3)COc3c2ccc(O)c3C)cc1.Nc1cccc(C2=C(c3ccc(O)cc3)COc3cc(O)ccc32)c1. The predicted molar refractivity (Wildman–Crippen MR) is 528 cm³/mol. The molecule has 136 heavy (non-hydrogen) atoms. The van der Waals surface area contributed by atoms with Crippen LogP contribution in [0, 0.1) is 27.7 Å². The minimum atomic E-state index is -0.188. The van der Waals surface area contributed by atoms with E-state index in [1.807, 2.05) is 222 Å². The van der Waals surface area contributed by atoms with Crippen LogP contribution >= 0.6 is 0 Å². The summed E-state index contributed by atoms with van der Waals surface area (Å²) in [5.41, 5.74) is 33.2. The molecule has 0 aliphatic carbocycles. The zero-order valence-corrected chi connectivity index (χ0v) is 75.9. The van der Waals surface area contributed by atoms with Crippen molar-refractivity contribution in [2.75, 3.05) is 74.3 Å². The Morgan fingerprint density at radius 2 is 0.493 bits per heavy atom. The Hall–Kier alpha value is -17.4. The number of rotatable bonds is 15. The number of benzene rings is 15. The molecule has 0 saturated heterocycles. The van der Waals surface area contributed by atoms with Crippen molar-refractivity contribution in [3.63, 3.8) is 0 Å². The van der Waals surface area contributed by atoms with Gasteiger partial charge in [-0.25, -0.2) is 0 Å². The average Bonchev–Trinajstić information content (AvgIpc) is 0.768. The van der Waals surface area contributed by atoms with Gasteiger partial charge in [-0.15, -0.1) is 0 Å². The molecule has 0 amide bonds. The second-order valence-corrected chi connectivity index (χ2v) is 32.5. The van der Waals surface area contributed by atoms with Gasteiger partial charge in [0.25, 0.3) is 0 Å². The number of anilines is 1. The van der Waals surface area contributed by atoms with Crippen LogP contribution in [-0.2, 0) is 0 Å². The highest BCUT2D eigenvalue weighted by atomic mass is 16.5. The molecule has 22 nitrogen and oxygen atoms in total. The van der Waals surface area contributed by atoms with Gasteiger partial charge in [-0.1, -0.05) is 109 Å². The minimum absolute atomic E-state index is 0.166. The molecule has 0 radical (unpaired) electrons. The highest BCUT2D eigenvalue weighted by Gasteiger charge is 2.32. The third kappa shape index (κ3) is 19.2. The Morgan fingerprint density at radius 3 is 0.846 bits per heavy atom. The number of hydrogen-bond acceptors (Lipinski definition) is 22. The fourth-order valence-corrected chi connectivity index (χ4v) is 17.1. The summed E-state index contributed by atoms with van der Waals surface area (Å²) in [6.07, 6.45) is 0. The lowest BCUT2D eigenvalue weighted by atomic mass is 9.86. The van der Waals surface area contributed by atoms with E-state index in [2.05, 4.69) is 6.07 Å². The molecular weight excluding hydrogens is 1720 g/mol. The van der Waals surface area contributed by atoms with E-state index in [1.165, 1.54) is 24.3 Å². The molecule has 13 N–H and O–H groups in total. The number of phenols is 11. The number of phenolic OH excluding ortho intramolecular Hbond substituents is 11. The molecule has 15 aromatic rings. The van der Waals surface area contributed by atoms with Gasteiger partial charge in [-0.05, 0) is 293 Å². The zero-order valence-electron chi connectivity index (χ0n) is 75.9. The summed E-state index contributed by atoms with van der Waals surface area (Å²) in [6, 6.07) is 89.9. The van der Waals surface area contributed by atoms with Gasteiger partial charge >= 0.3 is 0 Å². The standard InChI is InChI=1S/C24H22O4.2C23H20O5.C23H20O4.C21H17NO3/c1-15-22(25)12-11-20-23(16-7-9-18(26-2)10-8-16)21(14-28-24(15)20)17-5-4-6-19(13-17)27-3;2*1-13-19(24)10-8-17-22(14-3-6-16(27-2)7-4-14)18(12-28-23(13)17)15-5-9-20(25)21(26)11-15;1-14-21(25)11-10-19-22(15-6-8-18(26-2)9-7-15)20(13-27-23(14)19)16-4-3-5-17(24)12-16;22-15-3-1-2-14(10-15)21-18-9-8-17(24)11-20(18)25-12-19(21)13-4-6-16(23)7-5-13/h4-13,25H,14H2,1-3H3;2*3-11,24-26H,12H2,1-2H3;3-12,24-25H,13H2,1-2H3;1-11,23-24H,12,22H2. The fourth-order valence-electron chi connectivity index (χ4n) is 17.1. The van der Waals surface area contributed by atoms with Crippen LogP contribution in [0.1, 0.15) is 106 Å². The predicted octanol–water partition coefficient (Wildman–Crippen LogP) is 22.8. The highest BCUT2D eigenvalue weighted by molar-refractivity contribution is 6.07. The Morgan fingerprint density at radius 1 is 0.213 bits per heavy atom. The van der Waals surface area contributed by atoms with Crippen LogP contribution in [-0.4, -0.2) is 125 Å². The third-order valence-electron chi connectivity index (χ3n) is 24.3. The number of methoxy groups -OCH3 is 5. The van der Waals surface area contributed by atoms with E-state index >= 15 is 0 Å². The monoisotopic (exact) mass is 1820 g/mol. The van der Waals surface area contributed by atoms with Gasteiger partial charge in [0.15, 0.2) is 23.0 Å². The van der Waals surface area contributed by atoms with Crippen LogP contribution in [0.5, 0.6) is 121 Å². The van der Waals surface area contributed by atoms with Gasteiger partial charge in [0, 0.05) is 89.7 Å². The number of nitrogen functional groups attached to an aromatic ring is 1. The maximum Gasteiger partial charge on any atom is 0.158 e. The van der Waals surface area contributed by atoms with Gasteiger partial charge in [-0.3, -0.25) is 0 Å². The first kappa shape index (κ1) is 91.9. The summed E-state index contributed by atoms with van der Waals surface area (Å²) in [4.78, 5) is 0. The average molecular weight is 1820 g/mol. The lowest BCUT2D eigenvalue weighted by molar-refractivity contribution is 0.357. The number of aromatic hydroxyl groups is 11. The van der Waals surface area contributed by atoms with Crippen molar-refractivity contribution in [1.29, 1.82) is 0 Å². The molecule has 0 unspecified atom stereocenters. The quantitative estimate of drug-likeness (QED) is 0.0335. The molecule has 5 heterocycles. The van der Waals surface area contributed by atoms with E-state index in [0.717, 1.165) is 179 Å². The van der Waals surface area contributed by atoms with E-state index in [-0.39, 0.29) is 76.5 Å². The molecule has 686 valence electrons. The number of fused-ring (bicyclic) bond motifs is 5. The van der Waals surface area contributed by atoms with E-state index in [4.69, 9.17) is 53.1 Å². The smallest absolute Gasteiger partial charge is 0.158 e. The van der Waals surface area contributed by atoms with E-state index in [1.54, 1.807) is 108 Å². The summed E-state index contributed by atoms with van der Waals surface area (Å²) in [7, 11) is 8.20. The van der Waals surface area contributed by atoms with Crippen LogP contribution in [0.25, 0.3) is 55.7 Å². The maximum atomic E-state index is 10.1. The van der Waals surface area contributed by atoms with Crippen LogP contribution in [0.3, 0.4) is 0 Å². The van der Waals surface area contributed by atoms with Crippen LogP contribution in [0.2, 0.25) is 0 Å². The zero-order chi connectivity index (χ0) is 95.7. The topological polar surface area (TPSA) is 341 Å². The van der Waals surface area contributed by atoms with Gasteiger partial charge in [0.05, 0.1) is 35.5 Å². The molecule has 0 spiro atoms. The van der Waals surface area contributed by atoms with Gasteiger partial charge in [0.2, 0.25) is 0 Å². The van der Waals surface area contributed by atoms with Crippen molar-refractivity contribution in [2.45, 2.75) is 27.7 Å². The highest BCUT2D eigenvalue weighted by Crippen LogP contribution is 2.52. The molecule has 0 aromatic heterocycles. The van der Waals surface area contributed by atoms with Crippen molar-refractivity contribution >= 4 is 61.4 Å². The van der Waals surface area contributed by atoms with E-state index < -0.39 is 0 Å². The maximum absolute atomic E-state index is 10.1. The lowest BCUT2D eigenvalue weighted by Gasteiger charge is -2.26. The molecule has 0 fully saturated rings. The van der Waals surface area contributed by atoms with Gasteiger partial charge in [0.1, 0.15) is 131 Å². The lowest BCUT2D eigenvalue weighted by Crippen LogP contribution is -2.13. The first-order chi connectivity index (χ1) is 65.8. The molecule has 22 heteroatoms. The van der Waals surface area contributed by atoms with Gasteiger partial charge < -0.3 is 109 Å². The van der Waals surface area contributed by atoms with Crippen LogP contribution in [0.15, 0.2) is 297 Å². The van der Waals surface area contributed by atoms with Crippen LogP contribution in [0.4, 0.5) is 5.69 Å². The second kappa shape index (κ2) is 40.1. The van der Waals surface area contributed by atoms with Crippen molar-refractivity contribution in [3.05, 3.63) is 403 Å². The molecule has 0 bridgehead atoms. The third-order valence-corrected chi connectivity index (χ3v) is 24.3. The summed E-state index contributed by atoms with van der Waals surface area (Å²) < 4.78 is 56.5. The molecule has 5 aliphatic heterocycles. The number of ether oxygens (including phenoxy) is 10. The van der Waals surface area contributed by atoms with E-state index in [0.29, 0.717) is 65.2 Å². The van der Waals surface area contributed by atoms with Crippen LogP contribution < -0.4 is 53.1 Å². The van der Waals surface area contributed by atoms with Crippen molar-refractivity contribution in [1.82, 2.24) is 0 Å². The molecule has 0 saturated carbocycles. The summed E-state index contributed by atoms with van der Waals surface area (Å²) in [5.74, 6) is 7.89. The first-order valence-electron chi connectivity index (χ1n) is 43.5. The summed E-state index contributed by atoms with van der Waals surface area (Å²) >= 11 is 0. The first-order valence-corrected chi connectivity index (χ1v) is 43.5. The fraction of sp³-hybridized carbons (Fsp3) is 0.123. The number of nitrogens with two attached hydrogens (primary N) is 1. The molecular formula is C114H99NO21. The largest absolute Gasteiger partial charge is 0.508 e. The Bertz CT molecular complexity index is 7040. The minimum Gasteiger partial charge on any atom is -0.508 e. The Balaban J connectivity index is 0.000000123. The van der Waals surface area contributed by atoms with Crippen molar-refractivity contribution in [3.8, 4) is 121 Å². The Labute approximate surface area is 786 Å². The van der Waals surface area contributed by atoms with Crippen molar-refractivity contribution in [2.24, 2.45) is 0 Å². The van der Waals surface area contributed by atoms with Crippen molar-refractivity contribution < 1.29 is 104 Å². The molecule has 15 aromatic carbocycles. The second-order valence-electron chi connectivity index (χ2n) is 32.5. The number of hydrogen-bond donors (Lipinski definition) is 12. The summed E-state index contributed by atoms with van der Waals surface area (Å²) in [5, 5.41) is 109.